The highest BCUT2D eigenvalue weighted by Gasteiger charge is 2.40. The topological polar surface area (TPSA) is 54.2 Å². The molecule has 19 heavy (non-hydrogen) atoms. The van der Waals surface area contributed by atoms with Gasteiger partial charge in [-0.3, -0.25) is 0 Å². The van der Waals surface area contributed by atoms with Crippen molar-refractivity contribution >= 4 is 6.01 Å². The van der Waals surface area contributed by atoms with E-state index in [2.05, 4.69) is 27.5 Å². The highest BCUT2D eigenvalue weighted by Crippen LogP contribution is 2.48. The Bertz CT molecular complexity index is 433. The molecule has 1 heterocycles. The van der Waals surface area contributed by atoms with Gasteiger partial charge in [-0.15, -0.1) is 5.10 Å². The third-order valence-electron chi connectivity index (χ3n) is 4.95. The van der Waals surface area contributed by atoms with Crippen molar-refractivity contribution in [1.82, 2.24) is 15.5 Å². The van der Waals surface area contributed by atoms with Gasteiger partial charge in [-0.1, -0.05) is 11.5 Å². The molecule has 0 saturated heterocycles. The van der Waals surface area contributed by atoms with Crippen LogP contribution in [-0.2, 0) is 0 Å². The average molecular weight is 264 g/mol. The lowest BCUT2D eigenvalue weighted by molar-refractivity contribution is 0.330. The van der Waals surface area contributed by atoms with Gasteiger partial charge in [-0.05, 0) is 51.0 Å². The van der Waals surface area contributed by atoms with Crippen molar-refractivity contribution in [1.29, 1.82) is 0 Å². The molecule has 0 amide bonds. The van der Waals surface area contributed by atoms with Gasteiger partial charge in [0.1, 0.15) is 0 Å². The first-order chi connectivity index (χ1) is 9.17. The summed E-state index contributed by atoms with van der Waals surface area (Å²) >= 11 is 0. The maximum absolute atomic E-state index is 5.73. The molecule has 0 spiro atoms. The molecular formula is C14H24N4O. The van der Waals surface area contributed by atoms with E-state index in [0.29, 0.717) is 11.9 Å². The van der Waals surface area contributed by atoms with Crippen molar-refractivity contribution in [2.75, 3.05) is 25.5 Å². The monoisotopic (exact) mass is 264 g/mol. The van der Waals surface area contributed by atoms with Gasteiger partial charge in [0.05, 0.1) is 6.04 Å². The number of hydrogen-bond donors (Lipinski definition) is 1. The van der Waals surface area contributed by atoms with Crippen molar-refractivity contribution in [3.8, 4) is 0 Å². The standard InChI is InChI=1S/C14H24N4O/c1-9(15-2)13-16-17-14(19-13)18(3)8-12-7-10-4-5-11(12)6-10/h9-12,15H,4-8H2,1-3H3. The third-order valence-corrected chi connectivity index (χ3v) is 4.95. The fourth-order valence-corrected chi connectivity index (χ4v) is 3.71. The number of rotatable bonds is 5. The van der Waals surface area contributed by atoms with E-state index in [1.54, 1.807) is 0 Å². The van der Waals surface area contributed by atoms with Gasteiger partial charge in [0.25, 0.3) is 0 Å². The minimum absolute atomic E-state index is 0.108. The van der Waals surface area contributed by atoms with Crippen LogP contribution in [0.5, 0.6) is 0 Å². The predicted molar refractivity (Wildman–Crippen MR) is 74.0 cm³/mol. The van der Waals surface area contributed by atoms with Gasteiger partial charge in [-0.2, -0.15) is 0 Å². The predicted octanol–water partition coefficient (Wildman–Crippen LogP) is 2.22. The van der Waals surface area contributed by atoms with Gasteiger partial charge >= 0.3 is 6.01 Å². The second-order valence-corrected chi connectivity index (χ2v) is 6.25. The molecule has 0 aliphatic heterocycles. The summed E-state index contributed by atoms with van der Waals surface area (Å²) in [5, 5.41) is 11.4. The normalized spacial score (nSPS) is 30.8. The second kappa shape index (κ2) is 5.12. The first-order valence-electron chi connectivity index (χ1n) is 7.39. The van der Waals surface area contributed by atoms with Crippen LogP contribution in [0.4, 0.5) is 6.01 Å². The summed E-state index contributed by atoms with van der Waals surface area (Å²) in [5.74, 6) is 3.41. The summed E-state index contributed by atoms with van der Waals surface area (Å²) in [6.07, 6.45) is 5.72. The van der Waals surface area contributed by atoms with Crippen LogP contribution in [0, 0.1) is 17.8 Å². The third kappa shape index (κ3) is 2.48. The van der Waals surface area contributed by atoms with Gasteiger partial charge in [0.2, 0.25) is 5.89 Å². The molecule has 5 heteroatoms. The molecule has 4 unspecified atom stereocenters. The molecule has 2 aliphatic rings. The van der Waals surface area contributed by atoms with E-state index in [1.165, 1.54) is 25.7 Å². The molecule has 2 aliphatic carbocycles. The second-order valence-electron chi connectivity index (χ2n) is 6.25. The lowest BCUT2D eigenvalue weighted by Gasteiger charge is -2.25. The highest BCUT2D eigenvalue weighted by molar-refractivity contribution is 5.23. The zero-order chi connectivity index (χ0) is 13.4. The first-order valence-corrected chi connectivity index (χ1v) is 7.39. The molecule has 1 aromatic rings. The minimum Gasteiger partial charge on any atom is -0.406 e. The highest BCUT2D eigenvalue weighted by atomic mass is 16.4. The molecule has 106 valence electrons. The van der Waals surface area contributed by atoms with Crippen LogP contribution in [0.25, 0.3) is 0 Å². The smallest absolute Gasteiger partial charge is 0.317 e. The molecule has 0 aromatic carbocycles. The van der Waals surface area contributed by atoms with E-state index < -0.39 is 0 Å². The van der Waals surface area contributed by atoms with Crippen molar-refractivity contribution in [3.63, 3.8) is 0 Å². The SMILES string of the molecule is CNC(C)c1nnc(N(C)CC2CC3CCC2C3)o1. The van der Waals surface area contributed by atoms with Gasteiger partial charge in [0.15, 0.2) is 0 Å². The molecule has 2 fully saturated rings. The number of hydrogen-bond acceptors (Lipinski definition) is 5. The Kier molecular flexibility index (Phi) is 3.48. The first kappa shape index (κ1) is 12.9. The van der Waals surface area contributed by atoms with Crippen LogP contribution in [0.1, 0.15) is 44.5 Å². The van der Waals surface area contributed by atoms with E-state index in [1.807, 2.05) is 14.0 Å². The van der Waals surface area contributed by atoms with Crippen LogP contribution in [0.15, 0.2) is 4.42 Å². The molecule has 1 aromatic heterocycles. The lowest BCUT2D eigenvalue weighted by Crippen LogP contribution is -2.28. The Morgan fingerprint density at radius 2 is 2.21 bits per heavy atom. The van der Waals surface area contributed by atoms with E-state index in [9.17, 15) is 0 Å². The summed E-state index contributed by atoms with van der Waals surface area (Å²) in [5.41, 5.74) is 0. The number of fused-ring (bicyclic) bond motifs is 2. The number of nitrogens with one attached hydrogen (secondary N) is 1. The molecular weight excluding hydrogens is 240 g/mol. The van der Waals surface area contributed by atoms with Crippen molar-refractivity contribution < 1.29 is 4.42 Å². The van der Waals surface area contributed by atoms with Crippen LogP contribution in [0.2, 0.25) is 0 Å². The van der Waals surface area contributed by atoms with E-state index in [4.69, 9.17) is 4.42 Å². The largest absolute Gasteiger partial charge is 0.406 e. The van der Waals surface area contributed by atoms with E-state index >= 15 is 0 Å². The van der Waals surface area contributed by atoms with Crippen molar-refractivity contribution in [2.24, 2.45) is 17.8 Å². The Balaban J connectivity index is 1.61. The molecule has 4 atom stereocenters. The minimum atomic E-state index is 0.108. The van der Waals surface area contributed by atoms with Gasteiger partial charge in [0, 0.05) is 13.6 Å². The van der Waals surface area contributed by atoms with Crippen molar-refractivity contribution in [3.05, 3.63) is 5.89 Å². The molecule has 2 bridgehead atoms. The molecule has 5 nitrogen and oxygen atoms in total. The van der Waals surface area contributed by atoms with Gasteiger partial charge < -0.3 is 14.6 Å². The summed E-state index contributed by atoms with van der Waals surface area (Å²) in [6, 6.07) is 0.761. The average Bonchev–Trinajstić information content (AvgIpc) is 3.13. The molecule has 0 radical (unpaired) electrons. The fraction of sp³-hybridized carbons (Fsp3) is 0.857. The maximum Gasteiger partial charge on any atom is 0.317 e. The lowest BCUT2D eigenvalue weighted by atomic mass is 9.88. The molecule has 3 rings (SSSR count). The molecule has 1 N–H and O–H groups in total. The maximum atomic E-state index is 5.73. The van der Waals surface area contributed by atoms with E-state index in [0.717, 1.165) is 24.3 Å². The van der Waals surface area contributed by atoms with Crippen LogP contribution in [0.3, 0.4) is 0 Å². The van der Waals surface area contributed by atoms with Crippen LogP contribution in [-0.4, -0.2) is 30.8 Å². The molecule has 2 saturated carbocycles. The quantitative estimate of drug-likeness (QED) is 0.883. The van der Waals surface area contributed by atoms with Gasteiger partial charge in [-0.25, -0.2) is 0 Å². The Hall–Kier alpha value is -1.10. The summed E-state index contributed by atoms with van der Waals surface area (Å²) < 4.78 is 5.73. The van der Waals surface area contributed by atoms with Crippen LogP contribution >= 0.6 is 0 Å². The number of anilines is 1. The van der Waals surface area contributed by atoms with Crippen molar-refractivity contribution in [2.45, 2.75) is 38.6 Å². The Labute approximate surface area is 114 Å². The van der Waals surface area contributed by atoms with E-state index in [-0.39, 0.29) is 6.04 Å². The van der Waals surface area contributed by atoms with Crippen LogP contribution < -0.4 is 10.2 Å². The summed E-state index contributed by atoms with van der Waals surface area (Å²) in [7, 11) is 3.96. The Morgan fingerprint density at radius 1 is 1.37 bits per heavy atom. The fourth-order valence-electron chi connectivity index (χ4n) is 3.71. The summed E-state index contributed by atoms with van der Waals surface area (Å²) in [4.78, 5) is 2.13. The number of nitrogens with zero attached hydrogens (tertiary/aromatic N) is 3. The zero-order valence-corrected chi connectivity index (χ0v) is 12.1. The zero-order valence-electron chi connectivity index (χ0n) is 12.1. The Morgan fingerprint density at radius 3 is 2.84 bits per heavy atom. The number of aromatic nitrogens is 2. The summed E-state index contributed by atoms with van der Waals surface area (Å²) in [6.45, 7) is 3.07.